The average Bonchev–Trinajstić information content (AvgIpc) is 2.74. The number of nitrogens with one attached hydrogen (secondary N) is 1. The van der Waals surface area contributed by atoms with Gasteiger partial charge in [-0.3, -0.25) is 4.79 Å². The third-order valence-corrected chi connectivity index (χ3v) is 4.90. The van der Waals surface area contributed by atoms with Crippen molar-refractivity contribution in [3.05, 3.63) is 52.8 Å². The van der Waals surface area contributed by atoms with Gasteiger partial charge in [0.25, 0.3) is 5.91 Å². The molecule has 1 amide bonds. The summed E-state index contributed by atoms with van der Waals surface area (Å²) in [5.41, 5.74) is 3.57. The second kappa shape index (κ2) is 6.55. The summed E-state index contributed by atoms with van der Waals surface area (Å²) in [6, 6.07) is 8.20. The maximum absolute atomic E-state index is 12.2. The molecule has 2 aromatic rings. The normalized spacial score (nSPS) is 11.5. The molecule has 0 aliphatic rings. The zero-order valence-electron chi connectivity index (χ0n) is 13.5. The van der Waals surface area contributed by atoms with E-state index in [2.05, 4.69) is 5.32 Å². The van der Waals surface area contributed by atoms with Crippen molar-refractivity contribution in [2.75, 3.05) is 6.54 Å². The van der Waals surface area contributed by atoms with E-state index in [9.17, 15) is 13.2 Å². The van der Waals surface area contributed by atoms with Crippen molar-refractivity contribution in [1.29, 1.82) is 0 Å². The Bertz CT molecular complexity index is 821. The van der Waals surface area contributed by atoms with Gasteiger partial charge in [0.05, 0.1) is 10.5 Å². The van der Waals surface area contributed by atoms with Crippen LogP contribution in [0.3, 0.4) is 0 Å². The van der Waals surface area contributed by atoms with Gasteiger partial charge in [-0.15, -0.1) is 0 Å². The number of sulfonamides is 1. The van der Waals surface area contributed by atoms with Crippen molar-refractivity contribution in [2.45, 2.75) is 25.2 Å². The number of nitrogens with two attached hydrogens (primary N) is 1. The molecule has 0 bridgehead atoms. The molecule has 124 valence electrons. The number of aromatic nitrogens is 1. The van der Waals surface area contributed by atoms with Gasteiger partial charge in [0, 0.05) is 25.0 Å². The first kappa shape index (κ1) is 17.2. The third kappa shape index (κ3) is 4.00. The van der Waals surface area contributed by atoms with Gasteiger partial charge in [-0.25, -0.2) is 13.6 Å². The minimum absolute atomic E-state index is 0.0840. The number of hydrogen-bond acceptors (Lipinski definition) is 3. The fourth-order valence-electron chi connectivity index (χ4n) is 2.35. The molecular weight excluding hydrogens is 314 g/mol. The Hall–Kier alpha value is -2.12. The summed E-state index contributed by atoms with van der Waals surface area (Å²) in [5.74, 6) is -0.104. The Morgan fingerprint density at radius 1 is 1.22 bits per heavy atom. The van der Waals surface area contributed by atoms with E-state index in [1.54, 1.807) is 12.1 Å². The van der Waals surface area contributed by atoms with Gasteiger partial charge in [0.2, 0.25) is 10.0 Å². The lowest BCUT2D eigenvalue weighted by Gasteiger charge is -2.06. The molecular formula is C16H21N3O3S. The molecule has 1 heterocycles. The molecule has 23 heavy (non-hydrogen) atoms. The first-order valence-electron chi connectivity index (χ1n) is 7.23. The third-order valence-electron chi connectivity index (χ3n) is 3.97. The number of carbonyl (C=O) groups is 1. The lowest BCUT2D eigenvalue weighted by Crippen LogP contribution is -2.26. The van der Waals surface area contributed by atoms with Crippen molar-refractivity contribution in [3.63, 3.8) is 0 Å². The van der Waals surface area contributed by atoms with Crippen LogP contribution in [0.5, 0.6) is 0 Å². The van der Waals surface area contributed by atoms with Crippen molar-refractivity contribution in [1.82, 2.24) is 9.88 Å². The van der Waals surface area contributed by atoms with Crippen LogP contribution in [0, 0.1) is 13.8 Å². The van der Waals surface area contributed by atoms with E-state index in [-0.39, 0.29) is 10.8 Å². The second-order valence-electron chi connectivity index (χ2n) is 5.54. The Morgan fingerprint density at radius 3 is 2.30 bits per heavy atom. The molecule has 0 saturated carbocycles. The molecule has 0 unspecified atom stereocenters. The summed E-state index contributed by atoms with van der Waals surface area (Å²) in [4.78, 5) is 12.3. The van der Waals surface area contributed by atoms with Gasteiger partial charge in [-0.1, -0.05) is 12.1 Å². The molecule has 0 spiro atoms. The quantitative estimate of drug-likeness (QED) is 0.861. The summed E-state index contributed by atoms with van der Waals surface area (Å²) < 4.78 is 24.3. The molecule has 7 heteroatoms. The summed E-state index contributed by atoms with van der Waals surface area (Å²) in [5, 5.41) is 7.93. The summed E-state index contributed by atoms with van der Waals surface area (Å²) in [6.07, 6.45) is 0.613. The van der Waals surface area contributed by atoms with Crippen molar-refractivity contribution in [3.8, 4) is 0 Å². The van der Waals surface area contributed by atoms with E-state index < -0.39 is 10.0 Å². The topological polar surface area (TPSA) is 94.2 Å². The Balaban J connectivity index is 1.94. The molecule has 0 atom stereocenters. The Labute approximate surface area is 136 Å². The number of rotatable bonds is 5. The molecule has 1 aromatic carbocycles. The van der Waals surface area contributed by atoms with Gasteiger partial charge in [-0.05, 0) is 44.0 Å². The highest BCUT2D eigenvalue weighted by atomic mass is 32.2. The summed E-state index contributed by atoms with van der Waals surface area (Å²) in [6.45, 7) is 4.34. The van der Waals surface area contributed by atoms with Gasteiger partial charge in [-0.2, -0.15) is 0 Å². The minimum atomic E-state index is -3.67. The Kier molecular flexibility index (Phi) is 4.91. The van der Waals surface area contributed by atoms with Crippen LogP contribution in [0.25, 0.3) is 0 Å². The molecule has 0 aliphatic heterocycles. The zero-order chi connectivity index (χ0) is 17.2. The molecule has 3 N–H and O–H groups in total. The summed E-state index contributed by atoms with van der Waals surface area (Å²) >= 11 is 0. The van der Waals surface area contributed by atoms with Crippen LogP contribution in [-0.4, -0.2) is 25.4 Å². The highest BCUT2D eigenvalue weighted by Gasteiger charge is 2.13. The molecule has 1 aromatic heterocycles. The average molecular weight is 335 g/mol. The van der Waals surface area contributed by atoms with Crippen LogP contribution in [-0.2, 0) is 23.5 Å². The SMILES string of the molecule is Cc1cc(C(=O)NCCc2ccc(S(N)(=O)=O)cc2)c(C)n1C. The molecule has 2 rings (SSSR count). The molecule has 0 aliphatic carbocycles. The van der Waals surface area contributed by atoms with Gasteiger partial charge < -0.3 is 9.88 Å². The van der Waals surface area contributed by atoms with E-state index in [0.717, 1.165) is 17.0 Å². The minimum Gasteiger partial charge on any atom is -0.352 e. The predicted octanol–water partition coefficient (Wildman–Crippen LogP) is 1.26. The van der Waals surface area contributed by atoms with Crippen molar-refractivity contribution in [2.24, 2.45) is 12.2 Å². The standard InChI is InChI=1S/C16H21N3O3S/c1-11-10-15(12(2)19(11)3)16(20)18-9-8-13-4-6-14(7-5-13)23(17,21)22/h4-7,10H,8-9H2,1-3H3,(H,18,20)(H2,17,21,22). The predicted molar refractivity (Wildman–Crippen MR) is 88.7 cm³/mol. The molecule has 0 saturated heterocycles. The molecule has 0 radical (unpaired) electrons. The lowest BCUT2D eigenvalue weighted by molar-refractivity contribution is 0.0953. The van der Waals surface area contributed by atoms with Crippen LogP contribution in [0.1, 0.15) is 27.3 Å². The van der Waals surface area contributed by atoms with Crippen LogP contribution in [0.4, 0.5) is 0 Å². The summed E-state index contributed by atoms with van der Waals surface area (Å²) in [7, 11) is -1.74. The number of primary sulfonamides is 1. The van der Waals surface area contributed by atoms with Crippen LogP contribution < -0.4 is 10.5 Å². The smallest absolute Gasteiger partial charge is 0.253 e. The first-order chi connectivity index (χ1) is 10.7. The Morgan fingerprint density at radius 2 is 1.83 bits per heavy atom. The molecule has 0 fully saturated rings. The van der Waals surface area contributed by atoms with E-state index in [1.165, 1.54) is 12.1 Å². The number of aryl methyl sites for hydroxylation is 1. The fraction of sp³-hybridized carbons (Fsp3) is 0.312. The first-order valence-corrected chi connectivity index (χ1v) is 8.77. The van der Waals surface area contributed by atoms with Crippen LogP contribution in [0.2, 0.25) is 0 Å². The van der Waals surface area contributed by atoms with E-state index in [1.807, 2.05) is 31.5 Å². The van der Waals surface area contributed by atoms with E-state index in [0.29, 0.717) is 18.5 Å². The zero-order valence-corrected chi connectivity index (χ0v) is 14.3. The van der Waals surface area contributed by atoms with Crippen molar-refractivity contribution >= 4 is 15.9 Å². The van der Waals surface area contributed by atoms with Gasteiger partial charge in [0.1, 0.15) is 0 Å². The van der Waals surface area contributed by atoms with Crippen LogP contribution >= 0.6 is 0 Å². The van der Waals surface area contributed by atoms with Gasteiger partial charge in [0.15, 0.2) is 0 Å². The number of benzene rings is 1. The largest absolute Gasteiger partial charge is 0.352 e. The monoisotopic (exact) mass is 335 g/mol. The van der Waals surface area contributed by atoms with Crippen LogP contribution in [0.15, 0.2) is 35.2 Å². The number of hydrogen-bond donors (Lipinski definition) is 2. The van der Waals surface area contributed by atoms with Crippen molar-refractivity contribution < 1.29 is 13.2 Å². The highest BCUT2D eigenvalue weighted by Crippen LogP contribution is 2.13. The lowest BCUT2D eigenvalue weighted by atomic mass is 10.1. The number of carbonyl (C=O) groups excluding carboxylic acids is 1. The van der Waals surface area contributed by atoms with E-state index >= 15 is 0 Å². The maximum atomic E-state index is 12.2. The second-order valence-corrected chi connectivity index (χ2v) is 7.10. The fourth-order valence-corrected chi connectivity index (χ4v) is 2.86. The van der Waals surface area contributed by atoms with E-state index in [4.69, 9.17) is 5.14 Å². The molecule has 6 nitrogen and oxygen atoms in total. The highest BCUT2D eigenvalue weighted by molar-refractivity contribution is 7.89. The number of nitrogens with zero attached hydrogens (tertiary/aromatic N) is 1. The van der Waals surface area contributed by atoms with Gasteiger partial charge >= 0.3 is 0 Å². The number of amides is 1. The maximum Gasteiger partial charge on any atom is 0.253 e.